The van der Waals surface area contributed by atoms with E-state index in [1.807, 2.05) is 19.0 Å². The summed E-state index contributed by atoms with van der Waals surface area (Å²) < 4.78 is 0. The molecule has 0 aromatic carbocycles. The Morgan fingerprint density at radius 1 is 1.05 bits per heavy atom. The minimum Gasteiger partial charge on any atom is -0.395 e. The average Bonchev–Trinajstić information content (AvgIpc) is 2.51. The van der Waals surface area contributed by atoms with Gasteiger partial charge in [0.1, 0.15) is 18.3 Å². The molecule has 0 aliphatic rings. The molecule has 0 spiro atoms. The van der Waals surface area contributed by atoms with Crippen molar-refractivity contribution >= 4 is 5.91 Å². The number of aliphatic hydroxyl groups excluding tert-OH is 6. The Morgan fingerprint density at radius 3 is 2.09 bits per heavy atom. The summed E-state index contributed by atoms with van der Waals surface area (Å²) in [5.41, 5.74) is 0. The summed E-state index contributed by atoms with van der Waals surface area (Å²) in [4.78, 5) is 13.5. The molecule has 7 N–H and O–H groups in total. The van der Waals surface area contributed by atoms with E-state index in [-0.39, 0.29) is 19.2 Å². The van der Waals surface area contributed by atoms with Crippen LogP contribution in [0.3, 0.4) is 0 Å². The van der Waals surface area contributed by atoms with Gasteiger partial charge in [0.25, 0.3) is 5.91 Å². The molecule has 9 heteroatoms. The van der Waals surface area contributed by atoms with Crippen molar-refractivity contribution in [2.75, 3.05) is 33.9 Å². The van der Waals surface area contributed by atoms with Gasteiger partial charge in [-0.25, -0.2) is 0 Å². The molecule has 0 rings (SSSR count). The lowest BCUT2D eigenvalue weighted by Crippen LogP contribution is -2.51. The molecule has 0 aromatic heterocycles. The standard InChI is InChI=1S/C13H28N2O7/c1-15(2)8(6-16)4-3-5-14-13(22)12(21)11(20)10(19)9(18)7-17/h8-12,16-21H,3-7H2,1-2H3,(H,14,22)/t8?,9-,10-,11+,12-/m1/s1. The molecule has 1 amide bonds. The van der Waals surface area contributed by atoms with Crippen molar-refractivity contribution in [3.05, 3.63) is 0 Å². The van der Waals surface area contributed by atoms with Crippen LogP contribution in [0, 0.1) is 0 Å². The normalized spacial score (nSPS) is 18.6. The van der Waals surface area contributed by atoms with Gasteiger partial charge in [-0.15, -0.1) is 0 Å². The number of amides is 1. The Labute approximate surface area is 129 Å². The molecule has 0 fully saturated rings. The van der Waals surface area contributed by atoms with E-state index in [0.29, 0.717) is 12.8 Å². The molecule has 0 aromatic rings. The largest absolute Gasteiger partial charge is 0.395 e. The van der Waals surface area contributed by atoms with E-state index in [0.717, 1.165) is 0 Å². The fourth-order valence-electron chi connectivity index (χ4n) is 1.84. The Balaban J connectivity index is 4.15. The molecular weight excluding hydrogens is 296 g/mol. The van der Waals surface area contributed by atoms with Crippen molar-refractivity contribution < 1.29 is 35.4 Å². The highest BCUT2D eigenvalue weighted by atomic mass is 16.4. The van der Waals surface area contributed by atoms with Crippen molar-refractivity contribution in [1.82, 2.24) is 10.2 Å². The van der Waals surface area contributed by atoms with Crippen LogP contribution >= 0.6 is 0 Å². The van der Waals surface area contributed by atoms with Crippen LogP contribution in [0.25, 0.3) is 0 Å². The van der Waals surface area contributed by atoms with E-state index in [4.69, 9.17) is 15.3 Å². The molecule has 5 atom stereocenters. The highest BCUT2D eigenvalue weighted by molar-refractivity contribution is 5.81. The number of nitrogens with zero attached hydrogens (tertiary/aromatic N) is 1. The fraction of sp³-hybridized carbons (Fsp3) is 0.923. The summed E-state index contributed by atoms with van der Waals surface area (Å²) in [5.74, 6) is -0.887. The first-order chi connectivity index (χ1) is 10.3. The second-order valence-corrected chi connectivity index (χ2v) is 5.41. The monoisotopic (exact) mass is 324 g/mol. The van der Waals surface area contributed by atoms with Crippen LogP contribution in [0.5, 0.6) is 0 Å². The molecule has 22 heavy (non-hydrogen) atoms. The minimum absolute atomic E-state index is 0.00642. The first-order valence-corrected chi connectivity index (χ1v) is 7.14. The van der Waals surface area contributed by atoms with Crippen LogP contribution in [0.15, 0.2) is 0 Å². The third-order valence-electron chi connectivity index (χ3n) is 3.48. The van der Waals surface area contributed by atoms with Gasteiger partial charge in [0.05, 0.1) is 13.2 Å². The molecule has 9 nitrogen and oxygen atoms in total. The number of rotatable bonds is 11. The van der Waals surface area contributed by atoms with E-state index < -0.39 is 36.9 Å². The van der Waals surface area contributed by atoms with Gasteiger partial charge in [0.2, 0.25) is 0 Å². The van der Waals surface area contributed by atoms with Gasteiger partial charge in [-0.1, -0.05) is 0 Å². The smallest absolute Gasteiger partial charge is 0.251 e. The summed E-state index contributed by atoms with van der Waals surface area (Å²) in [6.45, 7) is -0.585. The van der Waals surface area contributed by atoms with Gasteiger partial charge in [0, 0.05) is 12.6 Å². The number of hydrogen-bond donors (Lipinski definition) is 7. The van der Waals surface area contributed by atoms with Crippen molar-refractivity contribution in [2.45, 2.75) is 43.3 Å². The quantitative estimate of drug-likeness (QED) is 0.191. The predicted octanol–water partition coefficient (Wildman–Crippen LogP) is -3.76. The van der Waals surface area contributed by atoms with Gasteiger partial charge in [0.15, 0.2) is 6.10 Å². The topological polar surface area (TPSA) is 154 Å². The maximum atomic E-state index is 11.6. The third-order valence-corrected chi connectivity index (χ3v) is 3.48. The van der Waals surface area contributed by atoms with Crippen molar-refractivity contribution in [3.63, 3.8) is 0 Å². The van der Waals surface area contributed by atoms with Crippen LogP contribution < -0.4 is 5.32 Å². The van der Waals surface area contributed by atoms with E-state index >= 15 is 0 Å². The van der Waals surface area contributed by atoms with Crippen LogP contribution in [0.2, 0.25) is 0 Å². The van der Waals surface area contributed by atoms with Crippen molar-refractivity contribution in [3.8, 4) is 0 Å². The van der Waals surface area contributed by atoms with E-state index in [9.17, 15) is 20.1 Å². The molecule has 0 aliphatic carbocycles. The van der Waals surface area contributed by atoms with Crippen LogP contribution in [0.4, 0.5) is 0 Å². The number of likely N-dealkylation sites (N-methyl/N-ethyl adjacent to an activating group) is 1. The Morgan fingerprint density at radius 2 is 1.64 bits per heavy atom. The number of hydrogen-bond acceptors (Lipinski definition) is 8. The van der Waals surface area contributed by atoms with Crippen LogP contribution in [0.1, 0.15) is 12.8 Å². The van der Waals surface area contributed by atoms with Crippen molar-refractivity contribution in [1.29, 1.82) is 0 Å². The first-order valence-electron chi connectivity index (χ1n) is 7.14. The molecule has 0 heterocycles. The average molecular weight is 324 g/mol. The zero-order chi connectivity index (χ0) is 17.3. The minimum atomic E-state index is -1.92. The number of carbonyl (C=O) groups is 1. The zero-order valence-electron chi connectivity index (χ0n) is 13.0. The summed E-state index contributed by atoms with van der Waals surface area (Å²) in [6, 6.07) is -0.0334. The molecular formula is C13H28N2O7. The zero-order valence-corrected chi connectivity index (χ0v) is 13.0. The second kappa shape index (κ2) is 10.8. The summed E-state index contributed by atoms with van der Waals surface area (Å²) in [6.07, 6.45) is -6.12. The maximum Gasteiger partial charge on any atom is 0.251 e. The van der Waals surface area contributed by atoms with Gasteiger partial charge < -0.3 is 40.9 Å². The lowest BCUT2D eigenvalue weighted by Gasteiger charge is -2.25. The van der Waals surface area contributed by atoms with Gasteiger partial charge in [-0.05, 0) is 26.9 Å². The van der Waals surface area contributed by atoms with Crippen LogP contribution in [-0.2, 0) is 4.79 Å². The van der Waals surface area contributed by atoms with Gasteiger partial charge >= 0.3 is 0 Å². The van der Waals surface area contributed by atoms with E-state index in [1.165, 1.54) is 0 Å². The number of carbonyl (C=O) groups excluding carboxylic acids is 1. The molecule has 0 saturated carbocycles. The highest BCUT2D eigenvalue weighted by Crippen LogP contribution is 2.06. The number of aliphatic hydroxyl groups is 6. The number of nitrogens with one attached hydrogen (secondary N) is 1. The lowest BCUT2D eigenvalue weighted by atomic mass is 10.0. The summed E-state index contributed by atoms with van der Waals surface area (Å²) >= 11 is 0. The van der Waals surface area contributed by atoms with E-state index in [2.05, 4.69) is 5.32 Å². The second-order valence-electron chi connectivity index (χ2n) is 5.41. The maximum absolute atomic E-state index is 11.6. The van der Waals surface area contributed by atoms with Gasteiger partial charge in [-0.3, -0.25) is 4.79 Å². The van der Waals surface area contributed by atoms with Crippen molar-refractivity contribution in [2.24, 2.45) is 0 Å². The SMILES string of the molecule is CN(C)C(CO)CCCNC(=O)[C@H](O)[C@@H](O)[C@H](O)[C@H](O)CO. The molecule has 1 unspecified atom stereocenters. The molecule has 0 saturated heterocycles. The van der Waals surface area contributed by atoms with Gasteiger partial charge in [-0.2, -0.15) is 0 Å². The Bertz CT molecular complexity index is 317. The lowest BCUT2D eigenvalue weighted by molar-refractivity contribution is -0.148. The fourth-order valence-corrected chi connectivity index (χ4v) is 1.84. The summed E-state index contributed by atoms with van der Waals surface area (Å²) in [5, 5.41) is 57.8. The molecule has 0 radical (unpaired) electrons. The molecule has 0 aliphatic heterocycles. The van der Waals surface area contributed by atoms with E-state index in [1.54, 1.807) is 0 Å². The predicted molar refractivity (Wildman–Crippen MR) is 77.9 cm³/mol. The van der Waals surface area contributed by atoms with Crippen LogP contribution in [-0.4, -0.2) is 106 Å². The Hall–Kier alpha value is -0.810. The molecule has 132 valence electrons. The Kier molecular flexibility index (Phi) is 10.4. The molecule has 0 bridgehead atoms. The highest BCUT2D eigenvalue weighted by Gasteiger charge is 2.33. The first kappa shape index (κ1) is 21.2. The third kappa shape index (κ3) is 6.97. The summed E-state index contributed by atoms with van der Waals surface area (Å²) in [7, 11) is 3.65.